The van der Waals surface area contributed by atoms with Crippen LogP contribution in [-0.4, -0.2) is 57.4 Å². The van der Waals surface area contributed by atoms with Gasteiger partial charge in [-0.1, -0.05) is 20.3 Å². The third kappa shape index (κ3) is 3.09. The maximum absolute atomic E-state index is 11.4. The van der Waals surface area contributed by atoms with Crippen LogP contribution < -0.4 is 0 Å². The summed E-state index contributed by atoms with van der Waals surface area (Å²) in [5.41, 5.74) is 0. The van der Waals surface area contributed by atoms with E-state index in [0.29, 0.717) is 13.1 Å². The fourth-order valence-electron chi connectivity index (χ4n) is 4.33. The smallest absolute Gasteiger partial charge is 0.407 e. The van der Waals surface area contributed by atoms with Crippen molar-refractivity contribution in [1.82, 2.24) is 9.80 Å². The standard InChI is InChI=1S/C15H26N2O4/c1-3-11(13-7-5-9-17(13)15(20)21)10(2)12-6-4-8-16(12)14(18)19/h10-13H,3-9H2,1-2H3,(H,18,19)(H,20,21). The number of hydrogen-bond donors (Lipinski definition) is 2. The first kappa shape index (κ1) is 15.9. The van der Waals surface area contributed by atoms with Gasteiger partial charge >= 0.3 is 12.2 Å². The molecule has 2 rings (SSSR count). The summed E-state index contributed by atoms with van der Waals surface area (Å²) in [6.07, 6.45) is 2.81. The van der Waals surface area contributed by atoms with E-state index < -0.39 is 12.2 Å². The van der Waals surface area contributed by atoms with Crippen molar-refractivity contribution in [2.24, 2.45) is 11.8 Å². The second-order valence-electron chi connectivity index (χ2n) is 6.30. The van der Waals surface area contributed by atoms with Gasteiger partial charge in [0, 0.05) is 25.2 Å². The van der Waals surface area contributed by atoms with Crippen LogP contribution in [0.25, 0.3) is 0 Å². The highest BCUT2D eigenvalue weighted by molar-refractivity contribution is 5.66. The van der Waals surface area contributed by atoms with Gasteiger partial charge in [-0.3, -0.25) is 0 Å². The first-order valence-electron chi connectivity index (χ1n) is 7.96. The van der Waals surface area contributed by atoms with Gasteiger partial charge in [0.15, 0.2) is 0 Å². The lowest BCUT2D eigenvalue weighted by Gasteiger charge is -2.38. The monoisotopic (exact) mass is 298 g/mol. The van der Waals surface area contributed by atoms with Crippen LogP contribution in [0.15, 0.2) is 0 Å². The predicted molar refractivity (Wildman–Crippen MR) is 78.5 cm³/mol. The fraction of sp³-hybridized carbons (Fsp3) is 0.867. The zero-order valence-corrected chi connectivity index (χ0v) is 12.9. The number of nitrogens with zero attached hydrogens (tertiary/aromatic N) is 2. The molecule has 6 heteroatoms. The first-order chi connectivity index (χ1) is 9.97. The SMILES string of the molecule is CCC(C(C)C1CCCN1C(=O)O)C1CCCN1C(=O)O. The van der Waals surface area contributed by atoms with Crippen molar-refractivity contribution in [3.63, 3.8) is 0 Å². The third-order valence-electron chi connectivity index (χ3n) is 5.34. The number of rotatable bonds is 4. The Bertz CT molecular complexity index is 401. The number of carbonyl (C=O) groups is 2. The van der Waals surface area contributed by atoms with E-state index in [9.17, 15) is 19.8 Å². The summed E-state index contributed by atoms with van der Waals surface area (Å²) in [7, 11) is 0. The van der Waals surface area contributed by atoms with Crippen LogP contribution in [0, 0.1) is 11.8 Å². The lowest BCUT2D eigenvalue weighted by Crippen LogP contribution is -2.47. The molecular formula is C15H26N2O4. The summed E-state index contributed by atoms with van der Waals surface area (Å²) in [5.74, 6) is 0.423. The van der Waals surface area contributed by atoms with Crippen LogP contribution >= 0.6 is 0 Å². The Kier molecular flexibility index (Phi) is 4.96. The van der Waals surface area contributed by atoms with Gasteiger partial charge in [-0.2, -0.15) is 0 Å². The second-order valence-corrected chi connectivity index (χ2v) is 6.30. The van der Waals surface area contributed by atoms with Gasteiger partial charge in [0.2, 0.25) is 0 Å². The number of amides is 2. The third-order valence-corrected chi connectivity index (χ3v) is 5.34. The summed E-state index contributed by atoms with van der Waals surface area (Å²) in [6.45, 7) is 5.39. The summed E-state index contributed by atoms with van der Waals surface area (Å²) in [6, 6.07) is 0.0717. The highest BCUT2D eigenvalue weighted by Gasteiger charge is 2.42. The van der Waals surface area contributed by atoms with Gasteiger partial charge < -0.3 is 20.0 Å². The molecule has 4 unspecified atom stereocenters. The summed E-state index contributed by atoms with van der Waals surface area (Å²) >= 11 is 0. The van der Waals surface area contributed by atoms with Crippen molar-refractivity contribution >= 4 is 12.2 Å². The molecule has 4 atom stereocenters. The Morgan fingerprint density at radius 3 is 2.00 bits per heavy atom. The minimum absolute atomic E-state index is 0.0312. The molecule has 0 aliphatic carbocycles. The highest BCUT2D eigenvalue weighted by atomic mass is 16.4. The highest BCUT2D eigenvalue weighted by Crippen LogP contribution is 2.37. The molecule has 0 bridgehead atoms. The maximum Gasteiger partial charge on any atom is 0.407 e. The molecule has 2 fully saturated rings. The van der Waals surface area contributed by atoms with Gasteiger partial charge in [0.25, 0.3) is 0 Å². The number of carboxylic acid groups (broad SMARTS) is 2. The molecule has 2 saturated heterocycles. The van der Waals surface area contributed by atoms with E-state index in [4.69, 9.17) is 0 Å². The Morgan fingerprint density at radius 2 is 1.52 bits per heavy atom. The summed E-state index contributed by atoms with van der Waals surface area (Å²) in [5, 5.41) is 18.7. The molecule has 2 amide bonds. The topological polar surface area (TPSA) is 81.1 Å². The van der Waals surface area contributed by atoms with Gasteiger partial charge in [0.1, 0.15) is 0 Å². The normalized spacial score (nSPS) is 28.7. The van der Waals surface area contributed by atoms with Crippen LogP contribution in [0.5, 0.6) is 0 Å². The van der Waals surface area contributed by atoms with E-state index in [1.54, 1.807) is 9.80 Å². The number of hydrogen-bond acceptors (Lipinski definition) is 2. The minimum atomic E-state index is -0.847. The Balaban J connectivity index is 2.13. The van der Waals surface area contributed by atoms with Crippen LogP contribution in [0.3, 0.4) is 0 Å². The van der Waals surface area contributed by atoms with Crippen molar-refractivity contribution in [2.75, 3.05) is 13.1 Å². The van der Waals surface area contributed by atoms with Gasteiger partial charge in [-0.25, -0.2) is 9.59 Å². The molecule has 21 heavy (non-hydrogen) atoms. The maximum atomic E-state index is 11.4. The van der Waals surface area contributed by atoms with Gasteiger partial charge in [-0.15, -0.1) is 0 Å². The summed E-state index contributed by atoms with van der Waals surface area (Å²) < 4.78 is 0. The van der Waals surface area contributed by atoms with Crippen molar-refractivity contribution in [2.45, 2.75) is 58.0 Å². The van der Waals surface area contributed by atoms with E-state index in [2.05, 4.69) is 13.8 Å². The van der Waals surface area contributed by atoms with Gasteiger partial charge in [-0.05, 0) is 37.5 Å². The number of likely N-dealkylation sites (tertiary alicyclic amines) is 2. The minimum Gasteiger partial charge on any atom is -0.465 e. The Hall–Kier alpha value is -1.46. The predicted octanol–water partition coefficient (Wildman–Crippen LogP) is 2.93. The lowest BCUT2D eigenvalue weighted by molar-refractivity contribution is 0.0781. The molecule has 2 N–H and O–H groups in total. The average Bonchev–Trinajstić information content (AvgIpc) is 3.08. The first-order valence-corrected chi connectivity index (χ1v) is 7.96. The zero-order chi connectivity index (χ0) is 15.6. The molecule has 0 spiro atoms. The van der Waals surface area contributed by atoms with Crippen LogP contribution in [-0.2, 0) is 0 Å². The molecule has 2 heterocycles. The molecule has 6 nitrogen and oxygen atoms in total. The quantitative estimate of drug-likeness (QED) is 0.836. The molecule has 2 aliphatic rings. The average molecular weight is 298 g/mol. The molecule has 0 radical (unpaired) electrons. The van der Waals surface area contributed by atoms with Crippen molar-refractivity contribution in [1.29, 1.82) is 0 Å². The lowest BCUT2D eigenvalue weighted by atomic mass is 9.79. The van der Waals surface area contributed by atoms with Crippen molar-refractivity contribution in [3.8, 4) is 0 Å². The molecule has 120 valence electrons. The zero-order valence-electron chi connectivity index (χ0n) is 12.9. The summed E-state index contributed by atoms with van der Waals surface area (Å²) in [4.78, 5) is 25.8. The van der Waals surface area contributed by atoms with E-state index in [1.807, 2.05) is 0 Å². The van der Waals surface area contributed by atoms with Crippen molar-refractivity contribution in [3.05, 3.63) is 0 Å². The van der Waals surface area contributed by atoms with E-state index >= 15 is 0 Å². The van der Waals surface area contributed by atoms with E-state index in [0.717, 1.165) is 32.1 Å². The molecule has 0 aromatic rings. The van der Waals surface area contributed by atoms with E-state index in [-0.39, 0.29) is 23.9 Å². The van der Waals surface area contributed by atoms with Crippen LogP contribution in [0.4, 0.5) is 9.59 Å². The Morgan fingerprint density at radius 1 is 1.05 bits per heavy atom. The molecule has 0 aromatic heterocycles. The Labute approximate surface area is 125 Å². The van der Waals surface area contributed by atoms with Crippen LogP contribution in [0.1, 0.15) is 46.0 Å². The molecule has 0 saturated carbocycles. The largest absolute Gasteiger partial charge is 0.465 e. The molecular weight excluding hydrogens is 272 g/mol. The second kappa shape index (κ2) is 6.54. The van der Waals surface area contributed by atoms with E-state index in [1.165, 1.54) is 0 Å². The molecule has 2 aliphatic heterocycles. The van der Waals surface area contributed by atoms with Crippen LogP contribution in [0.2, 0.25) is 0 Å². The van der Waals surface area contributed by atoms with Gasteiger partial charge in [0.05, 0.1) is 0 Å². The van der Waals surface area contributed by atoms with Crippen molar-refractivity contribution < 1.29 is 19.8 Å². The molecule has 0 aromatic carbocycles. The fourth-order valence-corrected chi connectivity index (χ4v) is 4.33.